The summed E-state index contributed by atoms with van der Waals surface area (Å²) in [6.07, 6.45) is 4.93. The van der Waals surface area contributed by atoms with Gasteiger partial charge in [0, 0.05) is 13.1 Å². The van der Waals surface area contributed by atoms with E-state index in [1.807, 2.05) is 0 Å². The first kappa shape index (κ1) is 15.4. The molecule has 1 aliphatic rings. The Balaban J connectivity index is 2.51. The van der Waals surface area contributed by atoms with E-state index in [4.69, 9.17) is 9.47 Å². The smallest absolute Gasteiger partial charge is 0.325 e. The Morgan fingerprint density at radius 3 is 2.89 bits per heavy atom. The standard InChI is InChI=1S/C14H27NO3/c1-4-6-7-12(5-2)10-15-8-9-18-11-13(15)14(16)17-3/h12-13H,4-11H2,1-3H3. The van der Waals surface area contributed by atoms with Crippen LogP contribution in [0.25, 0.3) is 0 Å². The highest BCUT2D eigenvalue weighted by atomic mass is 16.5. The molecule has 0 aliphatic carbocycles. The first-order chi connectivity index (χ1) is 8.72. The highest BCUT2D eigenvalue weighted by Gasteiger charge is 2.31. The summed E-state index contributed by atoms with van der Waals surface area (Å²) in [5.41, 5.74) is 0. The van der Waals surface area contributed by atoms with E-state index in [0.29, 0.717) is 12.5 Å². The van der Waals surface area contributed by atoms with Crippen LogP contribution in [0.1, 0.15) is 39.5 Å². The third kappa shape index (κ3) is 4.58. The Kier molecular flexibility index (Phi) is 7.28. The molecule has 1 saturated heterocycles. The molecule has 0 radical (unpaired) electrons. The van der Waals surface area contributed by atoms with Gasteiger partial charge in [0.25, 0.3) is 0 Å². The summed E-state index contributed by atoms with van der Waals surface area (Å²) in [5.74, 6) is 0.509. The highest BCUT2D eigenvalue weighted by Crippen LogP contribution is 2.18. The molecule has 106 valence electrons. The Bertz CT molecular complexity index is 245. The van der Waals surface area contributed by atoms with Crippen LogP contribution in [0, 0.1) is 5.92 Å². The van der Waals surface area contributed by atoms with Crippen LogP contribution in [0.2, 0.25) is 0 Å². The van der Waals surface area contributed by atoms with Gasteiger partial charge in [0.1, 0.15) is 6.04 Å². The zero-order chi connectivity index (χ0) is 13.4. The SMILES string of the molecule is CCCCC(CC)CN1CCOCC1C(=O)OC. The molecular formula is C14H27NO3. The molecule has 0 spiro atoms. The molecule has 0 amide bonds. The fourth-order valence-corrected chi connectivity index (χ4v) is 2.46. The number of morpholine rings is 1. The highest BCUT2D eigenvalue weighted by molar-refractivity contribution is 5.75. The lowest BCUT2D eigenvalue weighted by Gasteiger charge is -2.35. The summed E-state index contributed by atoms with van der Waals surface area (Å²) in [7, 11) is 1.45. The molecule has 1 aliphatic heterocycles. The number of hydrogen-bond acceptors (Lipinski definition) is 4. The van der Waals surface area contributed by atoms with Crippen molar-refractivity contribution in [3.8, 4) is 0 Å². The van der Waals surface area contributed by atoms with Gasteiger partial charge in [-0.25, -0.2) is 0 Å². The van der Waals surface area contributed by atoms with E-state index in [1.54, 1.807) is 0 Å². The topological polar surface area (TPSA) is 38.8 Å². The summed E-state index contributed by atoms with van der Waals surface area (Å²) in [6, 6.07) is -0.209. The molecule has 0 saturated carbocycles. The van der Waals surface area contributed by atoms with Gasteiger partial charge in [-0.1, -0.05) is 33.1 Å². The first-order valence-electron chi connectivity index (χ1n) is 7.12. The van der Waals surface area contributed by atoms with Crippen LogP contribution in [0.4, 0.5) is 0 Å². The van der Waals surface area contributed by atoms with E-state index in [1.165, 1.54) is 32.8 Å². The lowest BCUT2D eigenvalue weighted by Crippen LogP contribution is -2.51. The number of nitrogens with zero attached hydrogens (tertiary/aromatic N) is 1. The molecule has 0 N–H and O–H groups in total. The number of esters is 1. The maximum Gasteiger partial charge on any atom is 0.325 e. The Labute approximate surface area is 111 Å². The van der Waals surface area contributed by atoms with E-state index in [9.17, 15) is 4.79 Å². The molecule has 2 atom stereocenters. The summed E-state index contributed by atoms with van der Waals surface area (Å²) in [5, 5.41) is 0. The average Bonchev–Trinajstić information content (AvgIpc) is 2.43. The fraction of sp³-hybridized carbons (Fsp3) is 0.929. The van der Waals surface area contributed by atoms with Crippen molar-refractivity contribution in [3.05, 3.63) is 0 Å². The number of carbonyl (C=O) groups is 1. The van der Waals surface area contributed by atoms with Crippen molar-refractivity contribution in [1.29, 1.82) is 0 Å². The van der Waals surface area contributed by atoms with Crippen molar-refractivity contribution in [3.63, 3.8) is 0 Å². The summed E-state index contributed by atoms with van der Waals surface area (Å²) < 4.78 is 10.2. The lowest BCUT2D eigenvalue weighted by atomic mass is 9.98. The van der Waals surface area contributed by atoms with Crippen LogP contribution in [0.5, 0.6) is 0 Å². The monoisotopic (exact) mass is 257 g/mol. The van der Waals surface area contributed by atoms with Gasteiger partial charge in [-0.05, 0) is 12.3 Å². The fourth-order valence-electron chi connectivity index (χ4n) is 2.46. The van der Waals surface area contributed by atoms with Crippen molar-refractivity contribution in [2.24, 2.45) is 5.92 Å². The average molecular weight is 257 g/mol. The zero-order valence-corrected chi connectivity index (χ0v) is 12.0. The van der Waals surface area contributed by atoms with Gasteiger partial charge >= 0.3 is 5.97 Å². The van der Waals surface area contributed by atoms with Gasteiger partial charge < -0.3 is 9.47 Å². The molecule has 18 heavy (non-hydrogen) atoms. The van der Waals surface area contributed by atoms with E-state index in [0.717, 1.165) is 19.7 Å². The van der Waals surface area contributed by atoms with Crippen LogP contribution in [-0.4, -0.2) is 50.3 Å². The molecule has 0 bridgehead atoms. The molecule has 0 aromatic heterocycles. The number of methoxy groups -OCH3 is 1. The quantitative estimate of drug-likeness (QED) is 0.655. The molecule has 1 rings (SSSR count). The second kappa shape index (κ2) is 8.48. The molecule has 0 aromatic carbocycles. The minimum Gasteiger partial charge on any atom is -0.468 e. The largest absolute Gasteiger partial charge is 0.468 e. The molecule has 0 aromatic rings. The van der Waals surface area contributed by atoms with E-state index in [2.05, 4.69) is 18.7 Å². The van der Waals surface area contributed by atoms with Crippen molar-refractivity contribution in [1.82, 2.24) is 4.90 Å². The normalized spacial score (nSPS) is 22.7. The molecule has 1 fully saturated rings. The van der Waals surface area contributed by atoms with Crippen LogP contribution in [0.15, 0.2) is 0 Å². The predicted octanol–water partition coefficient (Wildman–Crippen LogP) is 2.08. The molecule has 2 unspecified atom stereocenters. The van der Waals surface area contributed by atoms with Gasteiger partial charge in [0.05, 0.1) is 20.3 Å². The van der Waals surface area contributed by atoms with Gasteiger partial charge in [0.2, 0.25) is 0 Å². The van der Waals surface area contributed by atoms with Crippen LogP contribution in [-0.2, 0) is 14.3 Å². The third-order valence-electron chi connectivity index (χ3n) is 3.75. The maximum atomic E-state index is 11.7. The van der Waals surface area contributed by atoms with Crippen LogP contribution in [0.3, 0.4) is 0 Å². The third-order valence-corrected chi connectivity index (χ3v) is 3.75. The minimum absolute atomic E-state index is 0.167. The lowest BCUT2D eigenvalue weighted by molar-refractivity contribution is -0.153. The molecule has 4 heteroatoms. The van der Waals surface area contributed by atoms with Crippen molar-refractivity contribution in [2.45, 2.75) is 45.6 Å². The second-order valence-electron chi connectivity index (χ2n) is 5.03. The number of carbonyl (C=O) groups excluding carboxylic acids is 1. The molecule has 1 heterocycles. The summed E-state index contributed by atoms with van der Waals surface area (Å²) in [4.78, 5) is 14.0. The first-order valence-corrected chi connectivity index (χ1v) is 7.12. The van der Waals surface area contributed by atoms with Crippen molar-refractivity contribution in [2.75, 3.05) is 33.4 Å². The van der Waals surface area contributed by atoms with Gasteiger partial charge in [-0.3, -0.25) is 9.69 Å². The summed E-state index contributed by atoms with van der Waals surface area (Å²) >= 11 is 0. The molecule has 4 nitrogen and oxygen atoms in total. The molecular weight excluding hydrogens is 230 g/mol. The number of hydrogen-bond donors (Lipinski definition) is 0. The Morgan fingerprint density at radius 2 is 2.28 bits per heavy atom. The maximum absolute atomic E-state index is 11.7. The van der Waals surface area contributed by atoms with E-state index in [-0.39, 0.29) is 12.0 Å². The number of unbranched alkanes of at least 4 members (excludes halogenated alkanes) is 1. The zero-order valence-electron chi connectivity index (χ0n) is 12.0. The number of ether oxygens (including phenoxy) is 2. The van der Waals surface area contributed by atoms with Crippen LogP contribution >= 0.6 is 0 Å². The minimum atomic E-state index is -0.209. The predicted molar refractivity (Wildman–Crippen MR) is 71.5 cm³/mol. The van der Waals surface area contributed by atoms with Crippen molar-refractivity contribution >= 4 is 5.97 Å². The second-order valence-corrected chi connectivity index (χ2v) is 5.03. The van der Waals surface area contributed by atoms with Gasteiger partial charge in [-0.15, -0.1) is 0 Å². The van der Waals surface area contributed by atoms with Crippen LogP contribution < -0.4 is 0 Å². The summed E-state index contributed by atoms with van der Waals surface area (Å²) in [6.45, 7) is 7.46. The van der Waals surface area contributed by atoms with Gasteiger partial charge in [0.15, 0.2) is 0 Å². The Hall–Kier alpha value is -0.610. The Morgan fingerprint density at radius 1 is 1.50 bits per heavy atom. The van der Waals surface area contributed by atoms with Gasteiger partial charge in [-0.2, -0.15) is 0 Å². The van der Waals surface area contributed by atoms with E-state index < -0.39 is 0 Å². The van der Waals surface area contributed by atoms with Crippen molar-refractivity contribution < 1.29 is 14.3 Å². The van der Waals surface area contributed by atoms with E-state index >= 15 is 0 Å². The number of rotatable bonds is 7.